The third-order valence-corrected chi connectivity index (χ3v) is 0.611. The van der Waals surface area contributed by atoms with Gasteiger partial charge in [0.25, 0.3) is 0 Å². The lowest BCUT2D eigenvalue weighted by molar-refractivity contribution is 0.166. The van der Waals surface area contributed by atoms with Crippen molar-refractivity contribution in [1.82, 2.24) is 0 Å². The molecule has 0 aromatic carbocycles. The summed E-state index contributed by atoms with van der Waals surface area (Å²) in [6, 6.07) is 0. The molecule has 0 N–H and O–H groups in total. The van der Waals surface area contributed by atoms with Crippen LogP contribution in [0.1, 0.15) is 6.42 Å². The molecule has 1 radical (unpaired) electrons. The van der Waals surface area contributed by atoms with Crippen molar-refractivity contribution in [3.63, 3.8) is 0 Å². The van der Waals surface area contributed by atoms with Crippen molar-refractivity contribution >= 4 is 0 Å². The first-order chi connectivity index (χ1) is 3.41. The molecule has 0 spiro atoms. The summed E-state index contributed by atoms with van der Waals surface area (Å²) in [5.41, 5.74) is 0. The summed E-state index contributed by atoms with van der Waals surface area (Å²) >= 11 is 0. The Bertz CT molecular complexity index is 41.4. The maximum Gasteiger partial charge on any atom is 0.0500 e. The zero-order valence-electron chi connectivity index (χ0n) is 4.52. The zero-order valence-corrected chi connectivity index (χ0v) is 4.52. The van der Waals surface area contributed by atoms with E-state index in [9.17, 15) is 0 Å². The molecule has 0 saturated carbocycles. The topological polar surface area (TPSA) is 9.23 Å². The third kappa shape index (κ3) is 5.70. The molecule has 0 aliphatic carbocycles. The minimum Gasteiger partial charge on any atom is -0.381 e. The Morgan fingerprint density at radius 1 is 1.57 bits per heavy atom. The molecule has 0 saturated heterocycles. The van der Waals surface area contributed by atoms with Crippen LogP contribution in [-0.4, -0.2) is 13.2 Å². The smallest absolute Gasteiger partial charge is 0.0500 e. The van der Waals surface area contributed by atoms with Gasteiger partial charge in [0.2, 0.25) is 0 Å². The van der Waals surface area contributed by atoms with Crippen LogP contribution in [0.3, 0.4) is 0 Å². The van der Waals surface area contributed by atoms with Gasteiger partial charge < -0.3 is 4.74 Å². The molecule has 0 atom stereocenters. The average Bonchev–Trinajstić information content (AvgIpc) is 1.69. The maximum atomic E-state index is 4.89. The zero-order chi connectivity index (χ0) is 5.54. The monoisotopic (exact) mass is 99.1 g/mol. The van der Waals surface area contributed by atoms with E-state index >= 15 is 0 Å². The summed E-state index contributed by atoms with van der Waals surface area (Å²) in [6.07, 6.45) is 2.76. The highest BCUT2D eigenvalue weighted by atomic mass is 16.5. The Labute approximate surface area is 45.0 Å². The maximum absolute atomic E-state index is 4.89. The third-order valence-electron chi connectivity index (χ3n) is 0.611. The van der Waals surface area contributed by atoms with Gasteiger partial charge in [-0.2, -0.15) is 0 Å². The first-order valence-electron chi connectivity index (χ1n) is 2.39. The molecular formula is C6H11O. The van der Waals surface area contributed by atoms with E-state index in [0.717, 1.165) is 13.0 Å². The predicted octanol–water partition coefficient (Wildman–Crippen LogP) is 1.41. The Hall–Kier alpha value is -0.300. The summed E-state index contributed by atoms with van der Waals surface area (Å²) in [4.78, 5) is 0. The van der Waals surface area contributed by atoms with Gasteiger partial charge in [0.05, 0.1) is 0 Å². The average molecular weight is 99.2 g/mol. The van der Waals surface area contributed by atoms with Crippen LogP contribution in [0.15, 0.2) is 12.7 Å². The van der Waals surface area contributed by atoms with Crippen molar-refractivity contribution in [2.24, 2.45) is 0 Å². The quantitative estimate of drug-likeness (QED) is 0.382. The lowest BCUT2D eigenvalue weighted by Crippen LogP contribution is -1.89. The molecule has 0 bridgehead atoms. The molecule has 0 aliphatic rings. The first-order valence-corrected chi connectivity index (χ1v) is 2.39. The number of hydrogen-bond acceptors (Lipinski definition) is 1. The van der Waals surface area contributed by atoms with Crippen LogP contribution in [0.2, 0.25) is 0 Å². The van der Waals surface area contributed by atoms with Crippen LogP contribution in [0.5, 0.6) is 0 Å². The summed E-state index contributed by atoms with van der Waals surface area (Å²) in [5, 5.41) is 0. The van der Waals surface area contributed by atoms with E-state index in [1.807, 2.05) is 6.08 Å². The molecule has 0 heterocycles. The Kier molecular flexibility index (Phi) is 5.46. The number of hydrogen-bond donors (Lipinski definition) is 0. The van der Waals surface area contributed by atoms with Crippen LogP contribution >= 0.6 is 0 Å². The van der Waals surface area contributed by atoms with Gasteiger partial charge in [0.1, 0.15) is 0 Å². The van der Waals surface area contributed by atoms with Crippen LogP contribution < -0.4 is 0 Å². The SMILES string of the molecule is [CH2]COCCC=C. The van der Waals surface area contributed by atoms with Crippen LogP contribution in [0, 0.1) is 6.92 Å². The normalized spacial score (nSPS) is 8.71. The van der Waals surface area contributed by atoms with Crippen molar-refractivity contribution in [3.8, 4) is 0 Å². The molecule has 0 aliphatic heterocycles. The minimum absolute atomic E-state index is 0.563. The number of rotatable bonds is 4. The second kappa shape index (κ2) is 5.70. The molecule has 41 valence electrons. The van der Waals surface area contributed by atoms with Crippen molar-refractivity contribution in [2.45, 2.75) is 6.42 Å². The Morgan fingerprint density at radius 3 is 2.71 bits per heavy atom. The van der Waals surface area contributed by atoms with Gasteiger partial charge in [-0.1, -0.05) is 6.08 Å². The van der Waals surface area contributed by atoms with Crippen molar-refractivity contribution < 1.29 is 4.74 Å². The van der Waals surface area contributed by atoms with E-state index in [2.05, 4.69) is 13.5 Å². The van der Waals surface area contributed by atoms with Crippen molar-refractivity contribution in [1.29, 1.82) is 0 Å². The standard InChI is InChI=1S/C6H11O/c1-3-5-6-7-4-2/h3H,1-2,4-6H2. The molecule has 0 amide bonds. The van der Waals surface area contributed by atoms with Gasteiger partial charge in [0, 0.05) is 13.2 Å². The highest BCUT2D eigenvalue weighted by molar-refractivity contribution is 4.64. The second-order valence-electron chi connectivity index (χ2n) is 1.19. The van der Waals surface area contributed by atoms with Gasteiger partial charge in [0.15, 0.2) is 0 Å². The van der Waals surface area contributed by atoms with Gasteiger partial charge in [-0.05, 0) is 13.3 Å². The molecule has 0 unspecified atom stereocenters. The molecule has 7 heavy (non-hydrogen) atoms. The molecule has 1 nitrogen and oxygen atoms in total. The van der Waals surface area contributed by atoms with E-state index in [1.54, 1.807) is 0 Å². The van der Waals surface area contributed by atoms with E-state index in [1.165, 1.54) is 0 Å². The molecule has 0 rings (SSSR count). The first kappa shape index (κ1) is 6.70. The van der Waals surface area contributed by atoms with Crippen LogP contribution in [0.25, 0.3) is 0 Å². The van der Waals surface area contributed by atoms with E-state index in [4.69, 9.17) is 4.74 Å². The summed E-state index contributed by atoms with van der Waals surface area (Å²) in [7, 11) is 0. The van der Waals surface area contributed by atoms with Gasteiger partial charge in [-0.15, -0.1) is 6.58 Å². The van der Waals surface area contributed by atoms with Crippen molar-refractivity contribution in [2.75, 3.05) is 13.2 Å². The Morgan fingerprint density at radius 2 is 2.29 bits per heavy atom. The van der Waals surface area contributed by atoms with E-state index in [-0.39, 0.29) is 0 Å². The predicted molar refractivity (Wildman–Crippen MR) is 31.0 cm³/mol. The van der Waals surface area contributed by atoms with Crippen LogP contribution in [0.4, 0.5) is 0 Å². The summed E-state index contributed by atoms with van der Waals surface area (Å²) in [6.45, 7) is 8.35. The van der Waals surface area contributed by atoms with Gasteiger partial charge in [-0.3, -0.25) is 0 Å². The van der Waals surface area contributed by atoms with Gasteiger partial charge in [-0.25, -0.2) is 0 Å². The fourth-order valence-corrected chi connectivity index (χ4v) is 0.269. The molecule has 0 aromatic rings. The molecule has 0 fully saturated rings. The van der Waals surface area contributed by atoms with E-state index < -0.39 is 0 Å². The van der Waals surface area contributed by atoms with Gasteiger partial charge >= 0.3 is 0 Å². The fraction of sp³-hybridized carbons (Fsp3) is 0.500. The lowest BCUT2D eigenvalue weighted by atomic mass is 10.5. The Balaban J connectivity index is 2.56. The highest BCUT2D eigenvalue weighted by Gasteiger charge is 1.75. The fourth-order valence-electron chi connectivity index (χ4n) is 0.269. The minimum atomic E-state index is 0.563. The number of ether oxygens (including phenoxy) is 1. The molecule has 1 heteroatoms. The molecule has 0 aromatic heterocycles. The second-order valence-corrected chi connectivity index (χ2v) is 1.19. The van der Waals surface area contributed by atoms with E-state index in [0.29, 0.717) is 6.61 Å². The summed E-state index contributed by atoms with van der Waals surface area (Å²) < 4.78 is 4.89. The van der Waals surface area contributed by atoms with Crippen LogP contribution in [-0.2, 0) is 4.74 Å². The highest BCUT2D eigenvalue weighted by Crippen LogP contribution is 1.79. The lowest BCUT2D eigenvalue weighted by Gasteiger charge is -1.92. The largest absolute Gasteiger partial charge is 0.381 e. The molecular weight excluding hydrogens is 88.1 g/mol. The summed E-state index contributed by atoms with van der Waals surface area (Å²) in [5.74, 6) is 0. The van der Waals surface area contributed by atoms with Crippen molar-refractivity contribution in [3.05, 3.63) is 19.6 Å².